The van der Waals surface area contributed by atoms with E-state index in [1.54, 1.807) is 0 Å². The molecule has 2 rings (SSSR count). The molecule has 1 saturated heterocycles. The second-order valence-electron chi connectivity index (χ2n) is 4.61. The maximum Gasteiger partial charge on any atom is 0.234 e. The van der Waals surface area contributed by atoms with Crippen LogP contribution in [0.15, 0.2) is 0 Å². The molecule has 5 heteroatoms. The van der Waals surface area contributed by atoms with Gasteiger partial charge in [-0.3, -0.25) is 14.5 Å². The maximum atomic E-state index is 11.9. The van der Waals surface area contributed by atoms with Gasteiger partial charge in [0.1, 0.15) is 0 Å². The van der Waals surface area contributed by atoms with E-state index < -0.39 is 0 Å². The summed E-state index contributed by atoms with van der Waals surface area (Å²) < 4.78 is 11.9. The van der Waals surface area contributed by atoms with Gasteiger partial charge in [0.05, 0.1) is 12.7 Å². The summed E-state index contributed by atoms with van der Waals surface area (Å²) in [6, 6.07) is -0.160. The fourth-order valence-electron chi connectivity index (χ4n) is 2.51. The van der Waals surface area contributed by atoms with Crippen molar-refractivity contribution >= 4 is 5.91 Å². The van der Waals surface area contributed by atoms with Crippen LogP contribution in [0.25, 0.3) is 0 Å². The number of hydrogen-bond donors (Lipinski definition) is 3. The van der Waals surface area contributed by atoms with Crippen molar-refractivity contribution in [2.45, 2.75) is 30.8 Å². The zero-order valence-electron chi connectivity index (χ0n) is 8.76. The number of nitrogens with two attached hydrogens (primary N) is 1. The van der Waals surface area contributed by atoms with E-state index in [2.05, 4.69) is 10.6 Å². The van der Waals surface area contributed by atoms with E-state index in [-0.39, 0.29) is 24.2 Å². The number of hydrogen-bond acceptors (Lipinski definition) is 3. The molecule has 0 aromatic heterocycles. The van der Waals surface area contributed by atoms with Gasteiger partial charge in [-0.15, -0.1) is 0 Å². The normalized spacial score (nSPS) is 37.7. The van der Waals surface area contributed by atoms with Gasteiger partial charge in [-0.1, -0.05) is 0 Å². The summed E-state index contributed by atoms with van der Waals surface area (Å²) >= 11 is 0. The summed E-state index contributed by atoms with van der Waals surface area (Å²) in [4.78, 5) is 11.0. The second kappa shape index (κ2) is 4.06. The van der Waals surface area contributed by atoms with E-state index in [0.29, 0.717) is 18.9 Å². The first-order valence-electron chi connectivity index (χ1n) is 5.52. The molecule has 15 heavy (non-hydrogen) atoms. The minimum absolute atomic E-state index is 0.0794. The Labute approximate surface area is 88.8 Å². The molecule has 1 aliphatic carbocycles. The molecular formula is C10H18FN3O. The highest BCUT2D eigenvalue weighted by Gasteiger charge is 2.60. The zero-order valence-corrected chi connectivity index (χ0v) is 8.76. The Hall–Kier alpha value is -0.680. The first-order chi connectivity index (χ1) is 7.18. The van der Waals surface area contributed by atoms with Gasteiger partial charge in [-0.25, -0.2) is 0 Å². The molecule has 1 aliphatic heterocycles. The molecule has 0 bridgehead atoms. The Balaban J connectivity index is 1.73. The van der Waals surface area contributed by atoms with Crippen molar-refractivity contribution in [1.82, 2.24) is 10.6 Å². The molecule has 3 unspecified atom stereocenters. The van der Waals surface area contributed by atoms with Gasteiger partial charge in [-0.05, 0) is 31.7 Å². The Morgan fingerprint density at radius 3 is 3.07 bits per heavy atom. The lowest BCUT2D eigenvalue weighted by atomic mass is 10.2. The minimum Gasteiger partial charge on any atom is -0.368 e. The molecule has 4 nitrogen and oxygen atoms in total. The van der Waals surface area contributed by atoms with Crippen LogP contribution in [-0.4, -0.2) is 37.3 Å². The summed E-state index contributed by atoms with van der Waals surface area (Å²) in [5.41, 5.74) is 5.32. The monoisotopic (exact) mass is 215 g/mol. The van der Waals surface area contributed by atoms with Crippen LogP contribution in [0.1, 0.15) is 19.3 Å². The van der Waals surface area contributed by atoms with Gasteiger partial charge < -0.3 is 11.1 Å². The van der Waals surface area contributed by atoms with E-state index in [4.69, 9.17) is 5.73 Å². The highest BCUT2D eigenvalue weighted by molar-refractivity contribution is 5.80. The van der Waals surface area contributed by atoms with E-state index in [9.17, 15) is 9.18 Å². The van der Waals surface area contributed by atoms with Crippen molar-refractivity contribution in [3.05, 3.63) is 0 Å². The Morgan fingerprint density at radius 1 is 1.67 bits per heavy atom. The van der Waals surface area contributed by atoms with E-state index in [0.717, 1.165) is 19.4 Å². The second-order valence-corrected chi connectivity index (χ2v) is 4.61. The lowest BCUT2D eigenvalue weighted by Crippen LogP contribution is -2.47. The predicted molar refractivity (Wildman–Crippen MR) is 55.0 cm³/mol. The third-order valence-electron chi connectivity index (χ3n) is 3.48. The third-order valence-corrected chi connectivity index (χ3v) is 3.48. The smallest absolute Gasteiger partial charge is 0.234 e. The van der Waals surface area contributed by atoms with Crippen LogP contribution < -0.4 is 16.4 Å². The SMILES string of the molecule is NC(=O)C1CC2CC2(CNCCCF)N1. The molecule has 1 amide bonds. The molecule has 1 heterocycles. The maximum absolute atomic E-state index is 11.9. The van der Waals surface area contributed by atoms with Gasteiger partial charge in [0.15, 0.2) is 0 Å². The number of piperidine rings is 1. The quantitative estimate of drug-likeness (QED) is 0.525. The van der Waals surface area contributed by atoms with E-state index in [1.807, 2.05) is 0 Å². The molecule has 2 fully saturated rings. The molecule has 1 saturated carbocycles. The number of halogens is 1. The minimum atomic E-state index is -0.277. The number of alkyl halides is 1. The van der Waals surface area contributed by atoms with Crippen molar-refractivity contribution in [3.63, 3.8) is 0 Å². The fourth-order valence-corrected chi connectivity index (χ4v) is 2.51. The standard InChI is InChI=1S/C10H18FN3O/c11-2-1-3-13-6-10-5-7(10)4-8(14-10)9(12)15/h7-8,13-14H,1-6H2,(H2,12,15). The van der Waals surface area contributed by atoms with E-state index >= 15 is 0 Å². The number of carbonyl (C=O) groups excluding carboxylic acids is 1. The molecule has 0 aromatic carbocycles. The van der Waals surface area contributed by atoms with E-state index in [1.165, 1.54) is 0 Å². The van der Waals surface area contributed by atoms with Gasteiger partial charge in [0.25, 0.3) is 0 Å². The highest BCUT2D eigenvalue weighted by Crippen LogP contribution is 2.51. The first kappa shape index (κ1) is 10.8. The largest absolute Gasteiger partial charge is 0.368 e. The predicted octanol–water partition coefficient (Wildman–Crippen LogP) is -0.459. The van der Waals surface area contributed by atoms with Crippen LogP contribution in [-0.2, 0) is 4.79 Å². The van der Waals surface area contributed by atoms with Crippen LogP contribution in [0.2, 0.25) is 0 Å². The summed E-state index contributed by atoms with van der Waals surface area (Å²) in [7, 11) is 0. The van der Waals surface area contributed by atoms with Gasteiger partial charge >= 0.3 is 0 Å². The van der Waals surface area contributed by atoms with Gasteiger partial charge in [0, 0.05) is 12.1 Å². The summed E-state index contributed by atoms with van der Waals surface area (Å²) in [6.45, 7) is 1.25. The molecule has 4 N–H and O–H groups in total. The average Bonchev–Trinajstić information content (AvgIpc) is 2.76. The topological polar surface area (TPSA) is 67.2 Å². The molecule has 0 spiro atoms. The van der Waals surface area contributed by atoms with Crippen LogP contribution in [0.4, 0.5) is 4.39 Å². The van der Waals surface area contributed by atoms with Gasteiger partial charge in [0.2, 0.25) is 5.91 Å². The molecule has 3 atom stereocenters. The molecule has 0 radical (unpaired) electrons. The van der Waals surface area contributed by atoms with Crippen LogP contribution in [0.5, 0.6) is 0 Å². The first-order valence-corrected chi connectivity index (χ1v) is 5.52. The number of amides is 1. The van der Waals surface area contributed by atoms with Crippen molar-refractivity contribution < 1.29 is 9.18 Å². The molecular weight excluding hydrogens is 197 g/mol. The Bertz CT molecular complexity index is 261. The molecule has 86 valence electrons. The van der Waals surface area contributed by atoms with Crippen molar-refractivity contribution in [1.29, 1.82) is 0 Å². The summed E-state index contributed by atoms with van der Waals surface area (Å²) in [6.07, 6.45) is 2.53. The number of nitrogens with one attached hydrogen (secondary N) is 2. The average molecular weight is 215 g/mol. The number of carbonyl (C=O) groups is 1. The summed E-state index contributed by atoms with van der Waals surface area (Å²) in [5, 5.41) is 6.50. The lowest BCUT2D eigenvalue weighted by Gasteiger charge is -2.17. The third kappa shape index (κ3) is 2.13. The fraction of sp³-hybridized carbons (Fsp3) is 0.900. The number of primary amides is 1. The summed E-state index contributed by atoms with van der Waals surface area (Å²) in [5.74, 6) is 0.318. The number of rotatable bonds is 6. The van der Waals surface area contributed by atoms with Crippen molar-refractivity contribution in [2.75, 3.05) is 19.8 Å². The van der Waals surface area contributed by atoms with Gasteiger partial charge in [-0.2, -0.15) is 0 Å². The van der Waals surface area contributed by atoms with Crippen molar-refractivity contribution in [3.8, 4) is 0 Å². The van der Waals surface area contributed by atoms with Crippen LogP contribution in [0.3, 0.4) is 0 Å². The Kier molecular flexibility index (Phi) is 2.93. The zero-order chi connectivity index (χ0) is 10.9. The van der Waals surface area contributed by atoms with Crippen molar-refractivity contribution in [2.24, 2.45) is 11.7 Å². The van der Waals surface area contributed by atoms with Crippen LogP contribution >= 0.6 is 0 Å². The Morgan fingerprint density at radius 2 is 2.47 bits per heavy atom. The molecule has 2 aliphatic rings. The number of fused-ring (bicyclic) bond motifs is 1. The highest BCUT2D eigenvalue weighted by atomic mass is 19.1. The molecule has 0 aromatic rings. The van der Waals surface area contributed by atoms with Crippen LogP contribution in [0, 0.1) is 5.92 Å². The lowest BCUT2D eigenvalue weighted by molar-refractivity contribution is -0.120.